The van der Waals surface area contributed by atoms with E-state index in [9.17, 15) is 9.59 Å². The first-order valence-corrected chi connectivity index (χ1v) is 12.9. The number of nitrogens with zero attached hydrogens (tertiary/aromatic N) is 1. The van der Waals surface area contributed by atoms with E-state index in [0.717, 1.165) is 58.6 Å². The summed E-state index contributed by atoms with van der Waals surface area (Å²) in [4.78, 5) is 32.3. The summed E-state index contributed by atoms with van der Waals surface area (Å²) in [7, 11) is 1.38. The number of amides is 1. The largest absolute Gasteiger partial charge is 0.465 e. The van der Waals surface area contributed by atoms with Gasteiger partial charge in [-0.15, -0.1) is 11.3 Å². The molecule has 2 aromatic carbocycles. The van der Waals surface area contributed by atoms with Crippen molar-refractivity contribution >= 4 is 55.0 Å². The van der Waals surface area contributed by atoms with Crippen LogP contribution >= 0.6 is 27.3 Å². The van der Waals surface area contributed by atoms with Crippen LogP contribution in [0.15, 0.2) is 59.1 Å². The SMILES string of the molecule is COC(=O)c1c(NC(=O)c2cc(-c3ccc(Br)cc3)nc3ccccc23)sc2c1CCCCC2. The molecule has 0 radical (unpaired) electrons. The summed E-state index contributed by atoms with van der Waals surface area (Å²) >= 11 is 4.96. The summed E-state index contributed by atoms with van der Waals surface area (Å²) < 4.78 is 6.06. The van der Waals surface area contributed by atoms with E-state index < -0.39 is 5.97 Å². The number of carbonyl (C=O) groups excluding carboxylic acids is 2. The van der Waals surface area contributed by atoms with Gasteiger partial charge in [0.25, 0.3) is 5.91 Å². The number of benzene rings is 2. The Balaban J connectivity index is 1.58. The number of pyridine rings is 1. The molecule has 2 aromatic heterocycles. The van der Waals surface area contributed by atoms with Crippen LogP contribution in [0.25, 0.3) is 22.2 Å². The highest BCUT2D eigenvalue weighted by Crippen LogP contribution is 2.38. The number of fused-ring (bicyclic) bond motifs is 2. The average molecular weight is 535 g/mol. The van der Waals surface area contributed by atoms with E-state index in [1.54, 1.807) is 0 Å². The quantitative estimate of drug-likeness (QED) is 0.225. The second-order valence-electron chi connectivity index (χ2n) is 8.29. The summed E-state index contributed by atoms with van der Waals surface area (Å²) in [6, 6.07) is 17.3. The lowest BCUT2D eigenvalue weighted by molar-refractivity contribution is 0.0601. The molecular weight excluding hydrogens is 512 g/mol. The predicted molar refractivity (Wildman–Crippen MR) is 140 cm³/mol. The molecule has 0 saturated carbocycles. The van der Waals surface area contributed by atoms with Gasteiger partial charge in [-0.3, -0.25) is 4.79 Å². The number of methoxy groups -OCH3 is 1. The molecule has 0 saturated heterocycles. The van der Waals surface area contributed by atoms with Gasteiger partial charge >= 0.3 is 5.97 Å². The molecule has 2 heterocycles. The first-order chi connectivity index (χ1) is 16.5. The number of para-hydroxylation sites is 1. The minimum absolute atomic E-state index is 0.265. The van der Waals surface area contributed by atoms with Crippen LogP contribution in [0.2, 0.25) is 0 Å². The topological polar surface area (TPSA) is 68.3 Å². The van der Waals surface area contributed by atoms with Crippen LogP contribution in [-0.4, -0.2) is 24.0 Å². The Labute approximate surface area is 210 Å². The third kappa shape index (κ3) is 4.38. The first kappa shape index (κ1) is 22.7. The summed E-state index contributed by atoms with van der Waals surface area (Å²) in [5, 5.41) is 4.37. The van der Waals surface area contributed by atoms with Gasteiger partial charge in [-0.05, 0) is 55.5 Å². The Hall–Kier alpha value is -3.03. The minimum Gasteiger partial charge on any atom is -0.465 e. The van der Waals surface area contributed by atoms with Gasteiger partial charge in [0.2, 0.25) is 0 Å². The summed E-state index contributed by atoms with van der Waals surface area (Å²) in [6.07, 6.45) is 5.02. The maximum atomic E-state index is 13.6. The first-order valence-electron chi connectivity index (χ1n) is 11.2. The molecule has 1 amide bonds. The molecule has 5 nitrogen and oxygen atoms in total. The summed E-state index contributed by atoms with van der Waals surface area (Å²) in [5.41, 5.74) is 4.42. The minimum atomic E-state index is -0.398. The van der Waals surface area contributed by atoms with Crippen LogP contribution in [-0.2, 0) is 17.6 Å². The van der Waals surface area contributed by atoms with Crippen molar-refractivity contribution < 1.29 is 14.3 Å². The normalized spacial score (nSPS) is 13.2. The molecule has 1 N–H and O–H groups in total. The zero-order valence-corrected chi connectivity index (χ0v) is 21.1. The van der Waals surface area contributed by atoms with Crippen molar-refractivity contribution in [1.29, 1.82) is 0 Å². The lowest BCUT2D eigenvalue weighted by Crippen LogP contribution is -2.15. The van der Waals surface area contributed by atoms with Gasteiger partial charge < -0.3 is 10.1 Å². The zero-order valence-electron chi connectivity index (χ0n) is 18.7. The number of aromatic nitrogens is 1. The molecule has 0 fully saturated rings. The molecule has 0 aliphatic heterocycles. The molecule has 1 aliphatic rings. The molecule has 7 heteroatoms. The van der Waals surface area contributed by atoms with Crippen LogP contribution in [0.4, 0.5) is 5.00 Å². The van der Waals surface area contributed by atoms with Crippen LogP contribution in [0.1, 0.15) is 50.4 Å². The van der Waals surface area contributed by atoms with Gasteiger partial charge in [0.05, 0.1) is 29.4 Å². The average Bonchev–Trinajstić information content (AvgIpc) is 3.03. The van der Waals surface area contributed by atoms with Gasteiger partial charge in [0.15, 0.2) is 0 Å². The standard InChI is InChI=1S/C27H23BrN2O3S/c1-33-27(32)24-19-8-3-2-4-10-23(19)34-26(24)30-25(31)20-15-22(16-11-13-17(28)14-12-16)29-21-9-6-5-7-18(20)21/h5-7,9,11-15H,2-4,8,10H2,1H3,(H,30,31). The predicted octanol–water partition coefficient (Wildman–Crippen LogP) is 7.03. The van der Waals surface area contributed by atoms with Crippen molar-refractivity contribution in [3.05, 3.63) is 80.6 Å². The van der Waals surface area contributed by atoms with E-state index in [1.165, 1.54) is 23.3 Å². The molecule has 34 heavy (non-hydrogen) atoms. The highest BCUT2D eigenvalue weighted by molar-refractivity contribution is 9.10. The smallest absolute Gasteiger partial charge is 0.341 e. The Morgan fingerprint density at radius 3 is 2.59 bits per heavy atom. The lowest BCUT2D eigenvalue weighted by Gasteiger charge is -2.11. The van der Waals surface area contributed by atoms with Crippen LogP contribution < -0.4 is 5.32 Å². The van der Waals surface area contributed by atoms with E-state index in [2.05, 4.69) is 21.2 Å². The molecule has 0 unspecified atom stereocenters. The number of aryl methyl sites for hydroxylation is 1. The van der Waals surface area contributed by atoms with Crippen molar-refractivity contribution in [2.45, 2.75) is 32.1 Å². The van der Waals surface area contributed by atoms with Crippen LogP contribution in [0, 0.1) is 0 Å². The number of halogens is 1. The Kier molecular flexibility index (Phi) is 6.48. The lowest BCUT2D eigenvalue weighted by atomic mass is 10.0. The molecule has 1 aliphatic carbocycles. The molecule has 0 bridgehead atoms. The molecule has 0 atom stereocenters. The second kappa shape index (κ2) is 9.68. The fourth-order valence-corrected chi connectivity index (χ4v) is 5.99. The Morgan fingerprint density at radius 1 is 1.03 bits per heavy atom. The maximum absolute atomic E-state index is 13.6. The van der Waals surface area contributed by atoms with Crippen molar-refractivity contribution in [3.8, 4) is 11.3 Å². The van der Waals surface area contributed by atoms with Gasteiger partial charge in [-0.1, -0.05) is 52.7 Å². The van der Waals surface area contributed by atoms with Crippen molar-refractivity contribution in [1.82, 2.24) is 4.98 Å². The number of carbonyl (C=O) groups is 2. The molecule has 172 valence electrons. The number of hydrogen-bond acceptors (Lipinski definition) is 5. The van der Waals surface area contributed by atoms with E-state index in [1.807, 2.05) is 54.6 Å². The number of esters is 1. The molecule has 4 aromatic rings. The van der Waals surface area contributed by atoms with Crippen molar-refractivity contribution in [2.24, 2.45) is 0 Å². The fraction of sp³-hybridized carbons (Fsp3) is 0.222. The van der Waals surface area contributed by atoms with E-state index in [0.29, 0.717) is 21.8 Å². The van der Waals surface area contributed by atoms with E-state index in [4.69, 9.17) is 9.72 Å². The van der Waals surface area contributed by atoms with Crippen LogP contribution in [0.3, 0.4) is 0 Å². The highest BCUT2D eigenvalue weighted by atomic mass is 79.9. The number of rotatable bonds is 4. The third-order valence-electron chi connectivity index (χ3n) is 6.14. The fourth-order valence-electron chi connectivity index (χ4n) is 4.45. The number of nitrogens with one attached hydrogen (secondary N) is 1. The number of ether oxygens (including phenoxy) is 1. The molecule has 0 spiro atoms. The van der Waals surface area contributed by atoms with E-state index in [-0.39, 0.29) is 5.91 Å². The molecular formula is C27H23BrN2O3S. The van der Waals surface area contributed by atoms with Crippen molar-refractivity contribution in [3.63, 3.8) is 0 Å². The third-order valence-corrected chi connectivity index (χ3v) is 7.87. The van der Waals surface area contributed by atoms with Gasteiger partial charge in [0, 0.05) is 20.3 Å². The molecule has 5 rings (SSSR count). The highest BCUT2D eigenvalue weighted by Gasteiger charge is 2.27. The number of anilines is 1. The Morgan fingerprint density at radius 2 is 1.79 bits per heavy atom. The van der Waals surface area contributed by atoms with Gasteiger partial charge in [-0.2, -0.15) is 0 Å². The van der Waals surface area contributed by atoms with Crippen LogP contribution in [0.5, 0.6) is 0 Å². The summed E-state index contributed by atoms with van der Waals surface area (Å²) in [6.45, 7) is 0. The zero-order chi connectivity index (χ0) is 23.7. The number of thiophene rings is 1. The van der Waals surface area contributed by atoms with Gasteiger partial charge in [0.1, 0.15) is 5.00 Å². The second-order valence-corrected chi connectivity index (χ2v) is 10.3. The van der Waals surface area contributed by atoms with Gasteiger partial charge in [-0.25, -0.2) is 9.78 Å². The maximum Gasteiger partial charge on any atom is 0.341 e. The van der Waals surface area contributed by atoms with E-state index >= 15 is 0 Å². The monoisotopic (exact) mass is 534 g/mol. The number of hydrogen-bond donors (Lipinski definition) is 1. The summed E-state index contributed by atoms with van der Waals surface area (Å²) in [5.74, 6) is -0.664. The van der Waals surface area contributed by atoms with Crippen molar-refractivity contribution in [2.75, 3.05) is 12.4 Å². The Bertz CT molecular complexity index is 1400.